The highest BCUT2D eigenvalue weighted by Gasteiger charge is 2.33. The van der Waals surface area contributed by atoms with Gasteiger partial charge in [0, 0.05) is 5.92 Å². The molecule has 0 aromatic heterocycles. The van der Waals surface area contributed by atoms with E-state index in [2.05, 4.69) is 0 Å². The van der Waals surface area contributed by atoms with Crippen LogP contribution in [0.15, 0.2) is 24.3 Å². The van der Waals surface area contributed by atoms with E-state index in [1.165, 1.54) is 0 Å². The molecular formula is C12H12O4. The number of esters is 1. The monoisotopic (exact) mass is 220 g/mol. The molecule has 2 atom stereocenters. The number of aliphatic carboxylic acids is 1. The average molecular weight is 220 g/mol. The van der Waals surface area contributed by atoms with Crippen LogP contribution in [0.1, 0.15) is 24.8 Å². The van der Waals surface area contributed by atoms with Gasteiger partial charge in [-0.1, -0.05) is 25.1 Å². The van der Waals surface area contributed by atoms with Crippen molar-refractivity contribution in [1.82, 2.24) is 0 Å². The molecule has 0 saturated heterocycles. The molecule has 0 bridgehead atoms. The number of carboxylic acid groups (broad SMARTS) is 1. The average Bonchev–Trinajstić information content (AvgIpc) is 2.26. The Morgan fingerprint density at radius 2 is 2.19 bits per heavy atom. The van der Waals surface area contributed by atoms with E-state index in [9.17, 15) is 9.59 Å². The van der Waals surface area contributed by atoms with Gasteiger partial charge >= 0.3 is 11.9 Å². The Kier molecular flexibility index (Phi) is 2.64. The van der Waals surface area contributed by atoms with Gasteiger partial charge in [0.05, 0.1) is 12.3 Å². The van der Waals surface area contributed by atoms with Gasteiger partial charge in [-0.25, -0.2) is 0 Å². The van der Waals surface area contributed by atoms with Crippen molar-refractivity contribution in [2.75, 3.05) is 0 Å². The third-order valence-electron chi connectivity index (χ3n) is 2.92. The maximum Gasteiger partial charge on any atom is 0.311 e. The van der Waals surface area contributed by atoms with E-state index in [1.807, 2.05) is 12.1 Å². The number of hydrogen-bond acceptors (Lipinski definition) is 3. The summed E-state index contributed by atoms with van der Waals surface area (Å²) in [4.78, 5) is 22.3. The smallest absolute Gasteiger partial charge is 0.311 e. The number of fused-ring (bicyclic) bond motifs is 1. The normalized spacial score (nSPS) is 20.8. The van der Waals surface area contributed by atoms with Crippen molar-refractivity contribution >= 4 is 11.9 Å². The van der Waals surface area contributed by atoms with Crippen molar-refractivity contribution in [2.45, 2.75) is 19.3 Å². The van der Waals surface area contributed by atoms with Gasteiger partial charge in [-0.05, 0) is 11.6 Å². The maximum absolute atomic E-state index is 11.3. The van der Waals surface area contributed by atoms with Crippen molar-refractivity contribution in [1.29, 1.82) is 0 Å². The zero-order valence-electron chi connectivity index (χ0n) is 8.84. The molecule has 84 valence electrons. The predicted octanol–water partition coefficient (Wildman–Crippen LogP) is 1.80. The van der Waals surface area contributed by atoms with Crippen LogP contribution >= 0.6 is 0 Å². The van der Waals surface area contributed by atoms with E-state index in [4.69, 9.17) is 9.84 Å². The van der Waals surface area contributed by atoms with Crippen LogP contribution in [0.2, 0.25) is 0 Å². The van der Waals surface area contributed by atoms with Gasteiger partial charge in [0.25, 0.3) is 0 Å². The van der Waals surface area contributed by atoms with Crippen molar-refractivity contribution in [3.8, 4) is 5.75 Å². The molecule has 2 unspecified atom stereocenters. The van der Waals surface area contributed by atoms with Crippen LogP contribution in [-0.2, 0) is 9.59 Å². The van der Waals surface area contributed by atoms with E-state index < -0.39 is 11.9 Å². The summed E-state index contributed by atoms with van der Waals surface area (Å²) < 4.78 is 5.06. The van der Waals surface area contributed by atoms with E-state index in [0.29, 0.717) is 5.75 Å². The van der Waals surface area contributed by atoms with Crippen LogP contribution in [0.25, 0.3) is 0 Å². The zero-order chi connectivity index (χ0) is 11.7. The summed E-state index contributed by atoms with van der Waals surface area (Å²) in [6.45, 7) is 1.61. The Bertz CT molecular complexity index is 438. The number of ether oxygens (including phenoxy) is 1. The summed E-state index contributed by atoms with van der Waals surface area (Å²) in [5.41, 5.74) is 0.803. The van der Waals surface area contributed by atoms with Crippen molar-refractivity contribution < 1.29 is 19.4 Å². The van der Waals surface area contributed by atoms with Gasteiger partial charge < -0.3 is 9.84 Å². The molecule has 0 fully saturated rings. The molecule has 16 heavy (non-hydrogen) atoms. The quantitative estimate of drug-likeness (QED) is 0.609. The molecule has 2 rings (SSSR count). The third kappa shape index (κ3) is 1.78. The van der Waals surface area contributed by atoms with Crippen LogP contribution in [0.3, 0.4) is 0 Å². The van der Waals surface area contributed by atoms with E-state index >= 15 is 0 Å². The number of benzene rings is 1. The van der Waals surface area contributed by atoms with Crippen LogP contribution < -0.4 is 4.74 Å². The van der Waals surface area contributed by atoms with Gasteiger partial charge in [0.15, 0.2) is 0 Å². The minimum atomic E-state index is -0.894. The summed E-state index contributed by atoms with van der Waals surface area (Å²) in [5.74, 6) is -1.66. The fourth-order valence-electron chi connectivity index (χ4n) is 1.95. The Labute approximate surface area is 92.8 Å². The lowest BCUT2D eigenvalue weighted by Crippen LogP contribution is -2.27. The molecule has 0 amide bonds. The topological polar surface area (TPSA) is 63.6 Å². The molecule has 4 heteroatoms. The van der Waals surface area contributed by atoms with Gasteiger partial charge in [-0.3, -0.25) is 9.59 Å². The van der Waals surface area contributed by atoms with Crippen LogP contribution in [0, 0.1) is 5.92 Å². The highest BCUT2D eigenvalue weighted by Crippen LogP contribution is 2.38. The maximum atomic E-state index is 11.3. The van der Waals surface area contributed by atoms with Crippen molar-refractivity contribution in [3.05, 3.63) is 29.8 Å². The molecule has 0 aliphatic carbocycles. The Hall–Kier alpha value is -1.84. The number of carbonyl (C=O) groups is 2. The highest BCUT2D eigenvalue weighted by molar-refractivity contribution is 5.79. The second-order valence-electron chi connectivity index (χ2n) is 3.95. The molecule has 1 N–H and O–H groups in total. The van der Waals surface area contributed by atoms with E-state index in [-0.39, 0.29) is 18.3 Å². The number of carbonyl (C=O) groups excluding carboxylic acids is 1. The lowest BCUT2D eigenvalue weighted by molar-refractivity contribution is -0.143. The molecule has 1 heterocycles. The van der Waals surface area contributed by atoms with Gasteiger partial charge in [-0.15, -0.1) is 0 Å². The molecule has 1 aromatic carbocycles. The molecule has 4 nitrogen and oxygen atoms in total. The first kappa shape index (κ1) is 10.7. The summed E-state index contributed by atoms with van der Waals surface area (Å²) in [5, 5.41) is 8.99. The van der Waals surface area contributed by atoms with Crippen LogP contribution in [0.4, 0.5) is 0 Å². The van der Waals surface area contributed by atoms with Crippen LogP contribution in [0.5, 0.6) is 5.75 Å². The molecular weight excluding hydrogens is 208 g/mol. The van der Waals surface area contributed by atoms with Gasteiger partial charge in [0.1, 0.15) is 5.75 Å². The number of hydrogen-bond donors (Lipinski definition) is 1. The van der Waals surface area contributed by atoms with Crippen molar-refractivity contribution in [3.63, 3.8) is 0 Å². The summed E-state index contributed by atoms with van der Waals surface area (Å²) in [6.07, 6.45) is 0.129. The molecule has 1 aliphatic rings. The lowest BCUT2D eigenvalue weighted by Gasteiger charge is -2.26. The highest BCUT2D eigenvalue weighted by atomic mass is 16.5. The fraction of sp³-hybridized carbons (Fsp3) is 0.333. The largest absolute Gasteiger partial charge is 0.481 e. The van der Waals surface area contributed by atoms with Crippen LogP contribution in [-0.4, -0.2) is 17.0 Å². The fourth-order valence-corrected chi connectivity index (χ4v) is 1.95. The number of carboxylic acids is 1. The molecule has 1 aromatic rings. The minimum absolute atomic E-state index is 0.129. The Morgan fingerprint density at radius 1 is 1.50 bits per heavy atom. The lowest BCUT2D eigenvalue weighted by atomic mass is 9.83. The predicted molar refractivity (Wildman–Crippen MR) is 56.2 cm³/mol. The zero-order valence-corrected chi connectivity index (χ0v) is 8.84. The first-order chi connectivity index (χ1) is 7.59. The Balaban J connectivity index is 2.41. The molecule has 0 saturated carbocycles. The summed E-state index contributed by atoms with van der Waals surface area (Å²) in [6, 6.07) is 7.08. The van der Waals surface area contributed by atoms with E-state index in [1.54, 1.807) is 19.1 Å². The SMILES string of the molecule is CC(C(=O)O)C1CC(=O)Oc2ccccc21. The molecule has 0 spiro atoms. The van der Waals surface area contributed by atoms with Crippen molar-refractivity contribution in [2.24, 2.45) is 5.92 Å². The van der Waals surface area contributed by atoms with E-state index in [0.717, 1.165) is 5.56 Å². The molecule has 1 aliphatic heterocycles. The second kappa shape index (κ2) is 3.96. The van der Waals surface area contributed by atoms with Gasteiger partial charge in [-0.2, -0.15) is 0 Å². The molecule has 0 radical (unpaired) electrons. The summed E-state index contributed by atoms with van der Waals surface area (Å²) >= 11 is 0. The Morgan fingerprint density at radius 3 is 2.88 bits per heavy atom. The second-order valence-corrected chi connectivity index (χ2v) is 3.95. The first-order valence-corrected chi connectivity index (χ1v) is 5.12. The number of para-hydroxylation sites is 1. The van der Waals surface area contributed by atoms with Gasteiger partial charge in [0.2, 0.25) is 0 Å². The minimum Gasteiger partial charge on any atom is -0.481 e. The summed E-state index contributed by atoms with van der Waals surface area (Å²) in [7, 11) is 0. The number of rotatable bonds is 2. The third-order valence-corrected chi connectivity index (χ3v) is 2.92. The standard InChI is InChI=1S/C12H12O4/c1-7(12(14)15)9-6-11(13)16-10-5-3-2-4-8(9)10/h2-5,7,9H,6H2,1H3,(H,14,15). The first-order valence-electron chi connectivity index (χ1n) is 5.12.